The first-order chi connectivity index (χ1) is 11.4. The molecule has 2 aromatic rings. The molecule has 0 aromatic carbocycles. The number of carbonyl (C=O) groups is 1. The third-order valence-corrected chi connectivity index (χ3v) is 4.47. The van der Waals surface area contributed by atoms with E-state index in [0.29, 0.717) is 11.5 Å². The molecule has 0 bridgehead atoms. The number of anilines is 1. The van der Waals surface area contributed by atoms with Gasteiger partial charge in [-0.05, 0) is 43.6 Å². The zero-order valence-corrected chi connectivity index (χ0v) is 14.4. The number of hydrogen-bond acceptors (Lipinski definition) is 4. The van der Waals surface area contributed by atoms with Crippen LogP contribution in [0.25, 0.3) is 5.82 Å². The lowest BCUT2D eigenvalue weighted by Gasteiger charge is -2.43. The zero-order valence-electron chi connectivity index (χ0n) is 14.4. The largest absolute Gasteiger partial charge is 0.334 e. The summed E-state index contributed by atoms with van der Waals surface area (Å²) in [7, 11) is 2.12. The van der Waals surface area contributed by atoms with E-state index in [9.17, 15) is 4.79 Å². The van der Waals surface area contributed by atoms with Gasteiger partial charge in [-0.15, -0.1) is 0 Å². The zero-order chi connectivity index (χ0) is 17.2. The number of nitrogens with one attached hydrogen (secondary N) is 2. The molecule has 2 amide bonds. The van der Waals surface area contributed by atoms with Crippen molar-refractivity contribution in [1.82, 2.24) is 25.0 Å². The molecule has 1 aliphatic heterocycles. The molecule has 7 heteroatoms. The lowest BCUT2D eigenvalue weighted by molar-refractivity contribution is 0.102. The van der Waals surface area contributed by atoms with Crippen molar-refractivity contribution in [3.8, 4) is 5.82 Å². The van der Waals surface area contributed by atoms with Crippen molar-refractivity contribution in [2.24, 2.45) is 5.41 Å². The summed E-state index contributed by atoms with van der Waals surface area (Å²) < 4.78 is 1.67. The van der Waals surface area contributed by atoms with Crippen molar-refractivity contribution in [2.75, 3.05) is 25.5 Å². The minimum Gasteiger partial charge on any atom is -0.334 e. The first kappa shape index (κ1) is 16.4. The highest BCUT2D eigenvalue weighted by Crippen LogP contribution is 2.28. The Bertz CT molecular complexity index is 680. The van der Waals surface area contributed by atoms with Crippen molar-refractivity contribution in [2.45, 2.75) is 26.3 Å². The molecule has 1 fully saturated rings. The van der Waals surface area contributed by atoms with E-state index < -0.39 is 0 Å². The van der Waals surface area contributed by atoms with Gasteiger partial charge in [-0.3, -0.25) is 0 Å². The van der Waals surface area contributed by atoms with Crippen LogP contribution >= 0.6 is 0 Å². The molecule has 1 saturated heterocycles. The predicted octanol–water partition coefficient (Wildman–Crippen LogP) is 2.12. The number of likely N-dealkylation sites (tertiary alicyclic amines) is 1. The quantitative estimate of drug-likeness (QED) is 0.905. The molecule has 0 spiro atoms. The van der Waals surface area contributed by atoms with Crippen LogP contribution < -0.4 is 10.6 Å². The van der Waals surface area contributed by atoms with Crippen molar-refractivity contribution in [3.05, 3.63) is 36.8 Å². The third kappa shape index (κ3) is 3.73. The summed E-state index contributed by atoms with van der Waals surface area (Å²) in [4.78, 5) is 18.9. The minimum absolute atomic E-state index is 0.0482. The Morgan fingerprint density at radius 2 is 2.21 bits per heavy atom. The van der Waals surface area contributed by atoms with Gasteiger partial charge < -0.3 is 15.5 Å². The number of pyridine rings is 1. The summed E-state index contributed by atoms with van der Waals surface area (Å²) >= 11 is 0. The Balaban J connectivity index is 1.59. The normalized spacial score (nSPS) is 20.5. The van der Waals surface area contributed by atoms with E-state index in [4.69, 9.17) is 0 Å². The lowest BCUT2D eigenvalue weighted by Crippen LogP contribution is -2.55. The predicted molar refractivity (Wildman–Crippen MR) is 93.2 cm³/mol. The maximum Gasteiger partial charge on any atom is 0.319 e. The summed E-state index contributed by atoms with van der Waals surface area (Å²) in [5.74, 6) is 0.711. The monoisotopic (exact) mass is 328 g/mol. The van der Waals surface area contributed by atoms with Gasteiger partial charge in [0, 0.05) is 25.0 Å². The standard InChI is InChI=1S/C17H24N6O/c1-17(2)12-22(3)10-7-14(17)21-16(24)20-13-5-6-15(18-11-13)23-9-4-8-19-23/h4-6,8-9,11,14H,7,10,12H2,1-3H3,(H2,20,21,24). The number of carbonyl (C=O) groups excluding carboxylic acids is 1. The molecule has 1 aliphatic rings. The second-order valence-electron chi connectivity index (χ2n) is 7.02. The first-order valence-corrected chi connectivity index (χ1v) is 8.16. The van der Waals surface area contributed by atoms with Gasteiger partial charge in [0.25, 0.3) is 0 Å². The number of amides is 2. The molecule has 0 saturated carbocycles. The summed E-state index contributed by atoms with van der Waals surface area (Å²) in [6.07, 6.45) is 6.11. The molecule has 2 aromatic heterocycles. The number of urea groups is 1. The molecule has 1 atom stereocenters. The number of rotatable bonds is 3. The number of piperidine rings is 1. The second kappa shape index (κ2) is 6.60. The van der Waals surface area contributed by atoms with Gasteiger partial charge in [0.2, 0.25) is 0 Å². The Labute approximate surface area is 142 Å². The van der Waals surface area contributed by atoms with Crippen molar-refractivity contribution >= 4 is 11.7 Å². The average Bonchev–Trinajstić information content (AvgIpc) is 3.05. The smallest absolute Gasteiger partial charge is 0.319 e. The molecule has 2 N–H and O–H groups in total. The highest BCUT2D eigenvalue weighted by atomic mass is 16.2. The number of nitrogens with zero attached hydrogens (tertiary/aromatic N) is 4. The van der Waals surface area contributed by atoms with Gasteiger partial charge in [0.1, 0.15) is 0 Å². The fourth-order valence-corrected chi connectivity index (χ4v) is 3.22. The molecule has 3 rings (SSSR count). The Morgan fingerprint density at radius 3 is 2.83 bits per heavy atom. The molecule has 0 radical (unpaired) electrons. The number of aromatic nitrogens is 3. The average molecular weight is 328 g/mol. The third-order valence-electron chi connectivity index (χ3n) is 4.47. The van der Waals surface area contributed by atoms with E-state index in [0.717, 1.165) is 19.5 Å². The summed E-state index contributed by atoms with van der Waals surface area (Å²) in [6.45, 7) is 6.34. The molecule has 7 nitrogen and oxygen atoms in total. The fourth-order valence-electron chi connectivity index (χ4n) is 3.22. The van der Waals surface area contributed by atoms with Crippen LogP contribution in [0.15, 0.2) is 36.8 Å². The summed E-state index contributed by atoms with van der Waals surface area (Å²) in [5.41, 5.74) is 0.709. The summed E-state index contributed by atoms with van der Waals surface area (Å²) in [6, 6.07) is 5.45. The first-order valence-electron chi connectivity index (χ1n) is 8.16. The molecular formula is C17H24N6O. The van der Waals surface area contributed by atoms with Crippen LogP contribution in [0.2, 0.25) is 0 Å². The van der Waals surface area contributed by atoms with Crippen LogP contribution in [0, 0.1) is 5.41 Å². The van der Waals surface area contributed by atoms with Crippen molar-refractivity contribution in [1.29, 1.82) is 0 Å². The Hall–Kier alpha value is -2.41. The van der Waals surface area contributed by atoms with Crippen molar-refractivity contribution in [3.63, 3.8) is 0 Å². The maximum atomic E-state index is 12.3. The summed E-state index contributed by atoms with van der Waals surface area (Å²) in [5, 5.41) is 10.1. The van der Waals surface area contributed by atoms with E-state index in [1.54, 1.807) is 17.1 Å². The van der Waals surface area contributed by atoms with Gasteiger partial charge in [0.15, 0.2) is 5.82 Å². The fraction of sp³-hybridized carbons (Fsp3) is 0.471. The van der Waals surface area contributed by atoms with Gasteiger partial charge in [-0.2, -0.15) is 5.10 Å². The van der Waals surface area contributed by atoms with Crippen LogP contribution in [0.4, 0.5) is 10.5 Å². The Kier molecular flexibility index (Phi) is 4.53. The van der Waals surface area contributed by atoms with Crippen molar-refractivity contribution < 1.29 is 4.79 Å². The van der Waals surface area contributed by atoms with Gasteiger partial charge in [-0.1, -0.05) is 13.8 Å². The van der Waals surface area contributed by atoms with Crippen LogP contribution in [-0.2, 0) is 0 Å². The van der Waals surface area contributed by atoms with Gasteiger partial charge >= 0.3 is 6.03 Å². The van der Waals surface area contributed by atoms with E-state index in [-0.39, 0.29) is 17.5 Å². The molecule has 3 heterocycles. The van der Waals surface area contributed by atoms with Crippen LogP contribution in [0.5, 0.6) is 0 Å². The molecular weight excluding hydrogens is 304 g/mol. The highest BCUT2D eigenvalue weighted by molar-refractivity contribution is 5.89. The topological polar surface area (TPSA) is 75.1 Å². The molecule has 24 heavy (non-hydrogen) atoms. The molecule has 0 aliphatic carbocycles. The second-order valence-corrected chi connectivity index (χ2v) is 7.02. The van der Waals surface area contributed by atoms with E-state index in [1.165, 1.54) is 0 Å². The van der Waals surface area contributed by atoms with Crippen LogP contribution in [0.1, 0.15) is 20.3 Å². The van der Waals surface area contributed by atoms with Crippen LogP contribution in [-0.4, -0.2) is 51.9 Å². The lowest BCUT2D eigenvalue weighted by atomic mass is 9.79. The number of hydrogen-bond donors (Lipinski definition) is 2. The Morgan fingerprint density at radius 1 is 1.38 bits per heavy atom. The van der Waals surface area contributed by atoms with Gasteiger partial charge in [-0.25, -0.2) is 14.5 Å². The SMILES string of the molecule is CN1CCC(NC(=O)Nc2ccc(-n3cccn3)nc2)C(C)(C)C1. The molecule has 128 valence electrons. The maximum absolute atomic E-state index is 12.3. The minimum atomic E-state index is -0.189. The van der Waals surface area contributed by atoms with Gasteiger partial charge in [0.05, 0.1) is 11.9 Å². The van der Waals surface area contributed by atoms with E-state index in [2.05, 4.69) is 46.5 Å². The van der Waals surface area contributed by atoms with E-state index >= 15 is 0 Å². The molecule has 1 unspecified atom stereocenters. The highest BCUT2D eigenvalue weighted by Gasteiger charge is 2.35. The van der Waals surface area contributed by atoms with E-state index in [1.807, 2.05) is 24.4 Å². The van der Waals surface area contributed by atoms with Crippen LogP contribution in [0.3, 0.4) is 0 Å².